The topological polar surface area (TPSA) is 106 Å². The Labute approximate surface area is 350 Å². The molecule has 8 aromatic rings. The Morgan fingerprint density at radius 2 is 0.918 bits per heavy atom. The summed E-state index contributed by atoms with van der Waals surface area (Å²) in [5, 5.41) is 8.27. The van der Waals surface area contributed by atoms with Crippen LogP contribution in [-0.4, -0.2) is 26.8 Å². The number of aromatic carboxylic acids is 1. The molecule has 0 amide bonds. The average Bonchev–Trinajstić information content (AvgIpc) is 3.26. The largest absolute Gasteiger partial charge is 0.477 e. The highest BCUT2D eigenvalue weighted by molar-refractivity contribution is 5.98. The maximum absolute atomic E-state index is 13.8. The van der Waals surface area contributed by atoms with Crippen molar-refractivity contribution in [3.63, 3.8) is 0 Å². The van der Waals surface area contributed by atoms with E-state index in [0.717, 1.165) is 69.4 Å². The van der Waals surface area contributed by atoms with Gasteiger partial charge >= 0.3 is 5.97 Å². The van der Waals surface area contributed by atoms with Gasteiger partial charge in [-0.05, 0) is 125 Å². The second-order valence-corrected chi connectivity index (χ2v) is 14.0. The van der Waals surface area contributed by atoms with E-state index in [-0.39, 0.29) is 6.42 Å². The number of ketones is 1. The SMILES string of the molecule is Cc1ccc(-c2cccnc2)cc1-c1ccc(CC(=O)c2c(F)cccc2F)cc1.Cc1ccc(-c2cccnc2)cc1-c1ccc(N)cc1.O=C(O)c1c(F)cccc1F. The molecule has 8 rings (SSSR count). The van der Waals surface area contributed by atoms with Gasteiger partial charge in [0, 0.05) is 48.0 Å². The lowest BCUT2D eigenvalue weighted by molar-refractivity contribution is 0.0686. The first-order valence-electron chi connectivity index (χ1n) is 19.0. The number of nitrogens with zero attached hydrogens (tertiary/aromatic N) is 2. The van der Waals surface area contributed by atoms with E-state index >= 15 is 0 Å². The van der Waals surface area contributed by atoms with Gasteiger partial charge in [0.15, 0.2) is 5.78 Å². The van der Waals surface area contributed by atoms with Gasteiger partial charge in [-0.25, -0.2) is 22.4 Å². The molecular weight excluding hydrogens is 779 g/mol. The highest BCUT2D eigenvalue weighted by atomic mass is 19.1. The molecule has 0 fully saturated rings. The second-order valence-electron chi connectivity index (χ2n) is 14.0. The molecule has 0 radical (unpaired) electrons. The zero-order chi connectivity index (χ0) is 43.5. The molecule has 0 bridgehead atoms. The minimum Gasteiger partial charge on any atom is -0.477 e. The van der Waals surface area contributed by atoms with Crippen LogP contribution in [0.5, 0.6) is 0 Å². The van der Waals surface area contributed by atoms with Crippen LogP contribution in [0.1, 0.15) is 37.4 Å². The number of rotatable bonds is 8. The molecular formula is C51H39F4N3O3. The van der Waals surface area contributed by atoms with E-state index in [4.69, 9.17) is 10.8 Å². The van der Waals surface area contributed by atoms with Gasteiger partial charge in [-0.1, -0.05) is 84.9 Å². The third-order valence-corrected chi connectivity index (χ3v) is 9.73. The third-order valence-electron chi connectivity index (χ3n) is 9.73. The first kappa shape index (κ1) is 42.9. The number of anilines is 1. The van der Waals surface area contributed by atoms with Gasteiger partial charge < -0.3 is 10.8 Å². The summed E-state index contributed by atoms with van der Waals surface area (Å²) in [6.07, 6.45) is 7.18. The maximum Gasteiger partial charge on any atom is 0.341 e. The average molecular weight is 818 g/mol. The minimum absolute atomic E-state index is 0.0627. The van der Waals surface area contributed by atoms with Gasteiger partial charge in [0.05, 0.1) is 5.56 Å². The Bertz CT molecular complexity index is 2740. The van der Waals surface area contributed by atoms with Crippen LogP contribution < -0.4 is 5.73 Å². The van der Waals surface area contributed by atoms with Crippen molar-refractivity contribution < 1.29 is 32.3 Å². The van der Waals surface area contributed by atoms with Crippen LogP contribution in [0, 0.1) is 37.1 Å². The molecule has 6 aromatic carbocycles. The van der Waals surface area contributed by atoms with Crippen LogP contribution in [0.25, 0.3) is 44.5 Å². The summed E-state index contributed by atoms with van der Waals surface area (Å²) in [7, 11) is 0. The van der Waals surface area contributed by atoms with Crippen molar-refractivity contribution >= 4 is 17.4 Å². The maximum atomic E-state index is 13.8. The van der Waals surface area contributed by atoms with Gasteiger partial charge in [-0.2, -0.15) is 0 Å². The number of pyridine rings is 2. The molecule has 6 nitrogen and oxygen atoms in total. The summed E-state index contributed by atoms with van der Waals surface area (Å²) < 4.78 is 52.7. The number of benzene rings is 6. The molecule has 2 heterocycles. The molecule has 304 valence electrons. The predicted molar refractivity (Wildman–Crippen MR) is 232 cm³/mol. The van der Waals surface area contributed by atoms with Crippen molar-refractivity contribution in [2.75, 3.05) is 5.73 Å². The van der Waals surface area contributed by atoms with Gasteiger partial charge in [0.2, 0.25) is 0 Å². The molecule has 0 atom stereocenters. The van der Waals surface area contributed by atoms with E-state index in [1.165, 1.54) is 28.3 Å². The molecule has 0 aliphatic heterocycles. The number of aromatic nitrogens is 2. The Morgan fingerprint density at radius 1 is 0.508 bits per heavy atom. The van der Waals surface area contributed by atoms with Crippen LogP contribution in [0.15, 0.2) is 170 Å². The predicted octanol–water partition coefficient (Wildman–Crippen LogP) is 12.4. The zero-order valence-electron chi connectivity index (χ0n) is 33.1. The van der Waals surface area contributed by atoms with Crippen molar-refractivity contribution in [1.82, 2.24) is 9.97 Å². The van der Waals surface area contributed by atoms with Crippen LogP contribution in [-0.2, 0) is 6.42 Å². The number of carboxylic acid groups (broad SMARTS) is 1. The third kappa shape index (κ3) is 10.9. The number of carboxylic acids is 1. The molecule has 3 N–H and O–H groups in total. The number of carbonyl (C=O) groups is 2. The van der Waals surface area contributed by atoms with Crippen molar-refractivity contribution in [1.29, 1.82) is 0 Å². The van der Waals surface area contributed by atoms with E-state index < -0.39 is 46.1 Å². The highest BCUT2D eigenvalue weighted by Crippen LogP contribution is 2.31. The van der Waals surface area contributed by atoms with E-state index in [2.05, 4.69) is 71.5 Å². The van der Waals surface area contributed by atoms with Gasteiger partial charge in [-0.3, -0.25) is 14.8 Å². The summed E-state index contributed by atoms with van der Waals surface area (Å²) in [6, 6.07) is 42.5. The number of Topliss-reactive ketones (excluding diaryl/α,β-unsaturated/α-hetero) is 1. The first-order chi connectivity index (χ1) is 29.4. The van der Waals surface area contributed by atoms with E-state index in [1.807, 2.05) is 73.9 Å². The highest BCUT2D eigenvalue weighted by Gasteiger charge is 2.18. The molecule has 0 aliphatic carbocycles. The van der Waals surface area contributed by atoms with Gasteiger partial charge in [0.1, 0.15) is 28.8 Å². The number of hydrogen-bond acceptors (Lipinski definition) is 5. The Kier molecular flexibility index (Phi) is 13.9. The van der Waals surface area contributed by atoms with Crippen LogP contribution in [0.3, 0.4) is 0 Å². The number of nitrogens with two attached hydrogens (primary N) is 1. The molecule has 2 aromatic heterocycles. The molecule has 0 aliphatic rings. The lowest BCUT2D eigenvalue weighted by atomic mass is 9.94. The molecule has 61 heavy (non-hydrogen) atoms. The van der Waals surface area contributed by atoms with Gasteiger partial charge in [-0.15, -0.1) is 0 Å². The molecule has 10 heteroatoms. The van der Waals surface area contributed by atoms with Crippen molar-refractivity contribution in [3.05, 3.63) is 221 Å². The quantitative estimate of drug-likeness (QED) is 0.0898. The fraction of sp³-hybridized carbons (Fsp3) is 0.0588. The monoisotopic (exact) mass is 817 g/mol. The van der Waals surface area contributed by atoms with E-state index in [1.54, 1.807) is 12.4 Å². The summed E-state index contributed by atoms with van der Waals surface area (Å²) in [5.41, 5.74) is 17.1. The molecule has 0 saturated carbocycles. The fourth-order valence-corrected chi connectivity index (χ4v) is 6.50. The lowest BCUT2D eigenvalue weighted by Gasteiger charge is -2.11. The van der Waals surface area contributed by atoms with Crippen molar-refractivity contribution in [2.24, 2.45) is 0 Å². The van der Waals surface area contributed by atoms with E-state index in [9.17, 15) is 27.2 Å². The minimum atomic E-state index is -1.60. The van der Waals surface area contributed by atoms with E-state index in [0.29, 0.717) is 5.56 Å². The number of nitrogen functional groups attached to an aromatic ring is 1. The summed E-state index contributed by atoms with van der Waals surface area (Å²) in [4.78, 5) is 30.9. The van der Waals surface area contributed by atoms with Crippen LogP contribution >= 0.6 is 0 Å². The van der Waals surface area contributed by atoms with Crippen molar-refractivity contribution in [3.8, 4) is 44.5 Å². The Hall–Kier alpha value is -7.72. The first-order valence-corrected chi connectivity index (χ1v) is 19.0. The van der Waals surface area contributed by atoms with Crippen molar-refractivity contribution in [2.45, 2.75) is 20.3 Å². The normalized spacial score (nSPS) is 10.5. The smallest absolute Gasteiger partial charge is 0.341 e. The number of halogens is 4. The Balaban J connectivity index is 0.000000172. The Morgan fingerprint density at radius 3 is 1.31 bits per heavy atom. The number of carbonyl (C=O) groups excluding carboxylic acids is 1. The molecule has 0 unspecified atom stereocenters. The molecule has 0 saturated heterocycles. The summed E-state index contributed by atoms with van der Waals surface area (Å²) >= 11 is 0. The summed E-state index contributed by atoms with van der Waals surface area (Å²) in [6.45, 7) is 4.17. The second kappa shape index (κ2) is 19.8. The fourth-order valence-electron chi connectivity index (χ4n) is 6.50. The molecule has 0 spiro atoms. The lowest BCUT2D eigenvalue weighted by Crippen LogP contribution is -2.09. The van der Waals surface area contributed by atoms with Crippen LogP contribution in [0.2, 0.25) is 0 Å². The summed E-state index contributed by atoms with van der Waals surface area (Å²) in [5.74, 6) is -5.96. The zero-order valence-corrected chi connectivity index (χ0v) is 33.1. The van der Waals surface area contributed by atoms with Gasteiger partial charge in [0.25, 0.3) is 0 Å². The number of hydrogen-bond donors (Lipinski definition) is 2. The standard InChI is InChI=1S/C26H19F2NO.C18H16N2.C7H4F2O2/c1-17-7-10-20(21-4-3-13-29-16-21)15-22(17)19-11-8-18(9-12-19)14-25(30)26-23(27)5-2-6-24(26)28;1-13-4-5-15(16-3-2-10-20-12-16)11-18(13)14-6-8-17(19)9-7-14;8-4-2-1-3-5(9)6(4)7(10)11/h2-13,15-16H,14H2,1H3;2-12H,19H2,1H3;1-3H,(H,10,11). The number of aryl methyl sites for hydroxylation is 2. The van der Waals surface area contributed by atoms with Crippen LogP contribution in [0.4, 0.5) is 23.2 Å².